The summed E-state index contributed by atoms with van der Waals surface area (Å²) in [6.07, 6.45) is 3.19. The molecule has 1 aromatic heterocycles. The van der Waals surface area contributed by atoms with Crippen LogP contribution < -0.4 is 0 Å². The van der Waals surface area contributed by atoms with E-state index in [-0.39, 0.29) is 11.9 Å². The van der Waals surface area contributed by atoms with E-state index < -0.39 is 5.60 Å². The standard InChI is InChI=1S/C17H21NO3/c1-5-17(6-2,21-13(4)20)15-7-8-16-14(11-15)9-10-18(16)12(3)19/h7-11H,5-6H2,1-4H3. The number of rotatable bonds is 4. The number of hydrogen-bond acceptors (Lipinski definition) is 3. The first kappa shape index (κ1) is 15.3. The summed E-state index contributed by atoms with van der Waals surface area (Å²) in [5.41, 5.74) is 1.24. The van der Waals surface area contributed by atoms with Crippen LogP contribution in [-0.4, -0.2) is 16.4 Å². The van der Waals surface area contributed by atoms with Gasteiger partial charge in [0, 0.05) is 25.4 Å². The normalized spacial score (nSPS) is 11.6. The number of carbonyl (C=O) groups excluding carboxylic acids is 2. The SMILES string of the molecule is CCC(CC)(OC(C)=O)c1ccc2c(ccn2C(C)=O)c1. The van der Waals surface area contributed by atoms with Gasteiger partial charge in [-0.3, -0.25) is 14.2 Å². The van der Waals surface area contributed by atoms with E-state index in [4.69, 9.17) is 4.74 Å². The van der Waals surface area contributed by atoms with Crippen molar-refractivity contribution in [3.8, 4) is 0 Å². The first-order valence-electron chi connectivity index (χ1n) is 7.25. The zero-order chi connectivity index (χ0) is 15.6. The first-order valence-corrected chi connectivity index (χ1v) is 7.25. The quantitative estimate of drug-likeness (QED) is 0.802. The lowest BCUT2D eigenvalue weighted by atomic mass is 9.87. The van der Waals surface area contributed by atoms with Crippen molar-refractivity contribution in [2.24, 2.45) is 0 Å². The van der Waals surface area contributed by atoms with Crippen LogP contribution in [0.2, 0.25) is 0 Å². The molecule has 0 saturated carbocycles. The Morgan fingerprint density at radius 2 is 1.81 bits per heavy atom. The number of benzene rings is 1. The third-order valence-corrected chi connectivity index (χ3v) is 4.04. The molecule has 0 atom stereocenters. The highest BCUT2D eigenvalue weighted by Gasteiger charge is 2.32. The molecule has 0 aliphatic rings. The number of carbonyl (C=O) groups is 2. The Bertz CT molecular complexity index is 680. The van der Waals surface area contributed by atoms with Crippen LogP contribution in [0.3, 0.4) is 0 Å². The van der Waals surface area contributed by atoms with Gasteiger partial charge in [0.25, 0.3) is 0 Å². The maximum Gasteiger partial charge on any atom is 0.303 e. The Morgan fingerprint density at radius 3 is 2.33 bits per heavy atom. The van der Waals surface area contributed by atoms with Gasteiger partial charge in [-0.25, -0.2) is 0 Å². The van der Waals surface area contributed by atoms with Crippen molar-refractivity contribution in [2.45, 2.75) is 46.1 Å². The third kappa shape index (κ3) is 2.71. The van der Waals surface area contributed by atoms with Crippen LogP contribution >= 0.6 is 0 Å². The summed E-state index contributed by atoms with van der Waals surface area (Å²) in [5.74, 6) is -0.296. The van der Waals surface area contributed by atoms with Crippen LogP contribution in [-0.2, 0) is 15.1 Å². The van der Waals surface area contributed by atoms with E-state index in [0.29, 0.717) is 12.8 Å². The largest absolute Gasteiger partial charge is 0.454 e. The smallest absolute Gasteiger partial charge is 0.303 e. The molecule has 4 nitrogen and oxygen atoms in total. The molecule has 4 heteroatoms. The zero-order valence-electron chi connectivity index (χ0n) is 13.0. The molecule has 1 aromatic carbocycles. The number of ether oxygens (including phenoxy) is 1. The second-order valence-electron chi connectivity index (χ2n) is 5.27. The van der Waals surface area contributed by atoms with Crippen molar-refractivity contribution >= 4 is 22.8 Å². The Hall–Kier alpha value is -2.10. The van der Waals surface area contributed by atoms with Crippen LogP contribution in [0.5, 0.6) is 0 Å². The van der Waals surface area contributed by atoms with Gasteiger partial charge in [-0.2, -0.15) is 0 Å². The van der Waals surface area contributed by atoms with Crippen LogP contribution in [0.1, 0.15) is 50.9 Å². The second-order valence-corrected chi connectivity index (χ2v) is 5.27. The molecule has 0 fully saturated rings. The topological polar surface area (TPSA) is 48.3 Å². The molecule has 2 rings (SSSR count). The predicted octanol–water partition coefficient (Wildman–Crippen LogP) is 3.88. The van der Waals surface area contributed by atoms with Crippen LogP contribution in [0, 0.1) is 0 Å². The van der Waals surface area contributed by atoms with Gasteiger partial charge in [0.15, 0.2) is 0 Å². The summed E-state index contributed by atoms with van der Waals surface area (Å²) in [6, 6.07) is 7.77. The van der Waals surface area contributed by atoms with Crippen LogP contribution in [0.4, 0.5) is 0 Å². The highest BCUT2D eigenvalue weighted by molar-refractivity contribution is 5.91. The third-order valence-electron chi connectivity index (χ3n) is 4.04. The summed E-state index contributed by atoms with van der Waals surface area (Å²) >= 11 is 0. The molecule has 0 N–H and O–H groups in total. The fourth-order valence-corrected chi connectivity index (χ4v) is 2.84. The average Bonchev–Trinajstić information content (AvgIpc) is 2.87. The molecular weight excluding hydrogens is 266 g/mol. The maximum absolute atomic E-state index is 11.6. The second kappa shape index (κ2) is 5.72. The summed E-state index contributed by atoms with van der Waals surface area (Å²) < 4.78 is 7.23. The Labute approximate surface area is 124 Å². The molecule has 0 spiro atoms. The van der Waals surface area contributed by atoms with Gasteiger partial charge in [0.05, 0.1) is 5.52 Å². The Balaban J connectivity index is 2.54. The lowest BCUT2D eigenvalue weighted by Gasteiger charge is -2.31. The van der Waals surface area contributed by atoms with Crippen LogP contribution in [0.15, 0.2) is 30.5 Å². The maximum atomic E-state index is 11.6. The summed E-state index contributed by atoms with van der Waals surface area (Å²) in [6.45, 7) is 6.99. The minimum absolute atomic E-state index is 0.0185. The van der Waals surface area contributed by atoms with E-state index >= 15 is 0 Å². The summed E-state index contributed by atoms with van der Waals surface area (Å²) in [4.78, 5) is 23.0. The molecule has 0 unspecified atom stereocenters. The molecule has 0 aliphatic carbocycles. The lowest BCUT2D eigenvalue weighted by molar-refractivity contribution is -0.159. The van der Waals surface area contributed by atoms with Gasteiger partial charge in [-0.15, -0.1) is 0 Å². The van der Waals surface area contributed by atoms with Gasteiger partial charge >= 0.3 is 5.97 Å². The highest BCUT2D eigenvalue weighted by atomic mass is 16.6. The summed E-state index contributed by atoms with van der Waals surface area (Å²) in [5, 5.41) is 0.973. The molecule has 112 valence electrons. The van der Waals surface area contributed by atoms with E-state index in [1.807, 2.05) is 38.1 Å². The van der Waals surface area contributed by atoms with Crippen molar-refractivity contribution in [3.05, 3.63) is 36.0 Å². The molecule has 0 saturated heterocycles. The minimum atomic E-state index is -0.599. The number of nitrogens with zero attached hydrogens (tertiary/aromatic N) is 1. The van der Waals surface area contributed by atoms with Gasteiger partial charge in [-0.1, -0.05) is 19.9 Å². The van der Waals surface area contributed by atoms with E-state index in [0.717, 1.165) is 16.5 Å². The monoisotopic (exact) mass is 287 g/mol. The zero-order valence-corrected chi connectivity index (χ0v) is 13.0. The molecule has 21 heavy (non-hydrogen) atoms. The molecule has 0 bridgehead atoms. The molecule has 2 aromatic rings. The molecule has 0 radical (unpaired) electrons. The Kier molecular flexibility index (Phi) is 4.16. The number of esters is 1. The van der Waals surface area contributed by atoms with Crippen molar-refractivity contribution in [1.29, 1.82) is 0 Å². The van der Waals surface area contributed by atoms with Gasteiger partial charge in [-0.05, 0) is 36.6 Å². The van der Waals surface area contributed by atoms with E-state index in [1.165, 1.54) is 13.8 Å². The van der Waals surface area contributed by atoms with Crippen molar-refractivity contribution in [3.63, 3.8) is 0 Å². The summed E-state index contributed by atoms with van der Waals surface area (Å²) in [7, 11) is 0. The van der Waals surface area contributed by atoms with Crippen molar-refractivity contribution in [1.82, 2.24) is 4.57 Å². The van der Waals surface area contributed by atoms with Gasteiger partial charge in [0.1, 0.15) is 5.60 Å². The molecule has 0 aliphatic heterocycles. The molecule has 0 amide bonds. The fourth-order valence-electron chi connectivity index (χ4n) is 2.84. The lowest BCUT2D eigenvalue weighted by Crippen LogP contribution is -2.30. The molecular formula is C17H21NO3. The van der Waals surface area contributed by atoms with Crippen molar-refractivity contribution < 1.29 is 14.3 Å². The van der Waals surface area contributed by atoms with E-state index in [9.17, 15) is 9.59 Å². The fraction of sp³-hybridized carbons (Fsp3) is 0.412. The first-order chi connectivity index (χ1) is 9.93. The van der Waals surface area contributed by atoms with Crippen LogP contribution in [0.25, 0.3) is 10.9 Å². The molecule has 1 heterocycles. The van der Waals surface area contributed by atoms with E-state index in [1.54, 1.807) is 10.8 Å². The minimum Gasteiger partial charge on any atom is -0.454 e. The van der Waals surface area contributed by atoms with Gasteiger partial charge < -0.3 is 4.74 Å². The van der Waals surface area contributed by atoms with E-state index in [2.05, 4.69) is 0 Å². The number of hydrogen-bond donors (Lipinski definition) is 0. The highest BCUT2D eigenvalue weighted by Crippen LogP contribution is 2.35. The van der Waals surface area contributed by atoms with Gasteiger partial charge in [0.2, 0.25) is 5.91 Å². The Morgan fingerprint density at radius 1 is 1.14 bits per heavy atom. The van der Waals surface area contributed by atoms with Crippen molar-refractivity contribution in [2.75, 3.05) is 0 Å². The number of aromatic nitrogens is 1. The average molecular weight is 287 g/mol. The number of fused-ring (bicyclic) bond motifs is 1. The predicted molar refractivity (Wildman–Crippen MR) is 82.3 cm³/mol.